The molecule has 0 aliphatic heterocycles. The van der Waals surface area contributed by atoms with Crippen LogP contribution in [0.2, 0.25) is 25.7 Å². The van der Waals surface area contributed by atoms with Crippen molar-refractivity contribution in [3.63, 3.8) is 0 Å². The maximum Gasteiger partial charge on any atom is 0.338 e. The van der Waals surface area contributed by atoms with Crippen LogP contribution < -0.4 is 5.32 Å². The minimum atomic E-state index is -1.20. The Labute approximate surface area is 277 Å². The number of ether oxygens (including phenoxy) is 5. The van der Waals surface area contributed by atoms with Crippen molar-refractivity contribution in [1.29, 1.82) is 0 Å². The van der Waals surface area contributed by atoms with Crippen LogP contribution in [0.25, 0.3) is 22.5 Å². The highest BCUT2D eigenvalue weighted by molar-refractivity contribution is 6.76. The Balaban J connectivity index is 1.41. The quantitative estimate of drug-likeness (QED) is 0.0665. The van der Waals surface area contributed by atoms with Crippen LogP contribution in [0, 0.1) is 0 Å². The first-order chi connectivity index (χ1) is 22.7. The topological polar surface area (TPSA) is 123 Å². The monoisotopic (exact) mass is 664 g/mol. The number of hydrogen-bond donors (Lipinski definition) is 1. The Morgan fingerprint density at radius 1 is 0.979 bits per heavy atom. The summed E-state index contributed by atoms with van der Waals surface area (Å²) in [6.45, 7) is 9.33. The molecule has 1 aromatic carbocycles. The van der Waals surface area contributed by atoms with Crippen molar-refractivity contribution < 1.29 is 28.5 Å². The van der Waals surface area contributed by atoms with Gasteiger partial charge in [-0.25, -0.2) is 14.5 Å². The third-order valence-electron chi connectivity index (χ3n) is 8.53. The number of anilines is 1. The molecule has 0 spiro atoms. The van der Waals surface area contributed by atoms with Crippen molar-refractivity contribution in [3.05, 3.63) is 60.7 Å². The zero-order chi connectivity index (χ0) is 33.3. The van der Waals surface area contributed by atoms with Gasteiger partial charge < -0.3 is 29.0 Å². The number of hydrogen-bond acceptors (Lipinski definition) is 10. The lowest BCUT2D eigenvalue weighted by Crippen LogP contribution is -2.46. The van der Waals surface area contributed by atoms with Crippen molar-refractivity contribution in [2.24, 2.45) is 0 Å². The van der Waals surface area contributed by atoms with E-state index in [0.717, 1.165) is 40.0 Å². The van der Waals surface area contributed by atoms with Crippen molar-refractivity contribution >= 4 is 25.5 Å². The molecule has 1 aliphatic carbocycles. The highest BCUT2D eigenvalue weighted by Crippen LogP contribution is 2.41. The number of methoxy groups -OCH3 is 2. The molecule has 12 nitrogen and oxygen atoms in total. The van der Waals surface area contributed by atoms with E-state index in [1.54, 1.807) is 14.2 Å². The molecule has 1 fully saturated rings. The lowest BCUT2D eigenvalue weighted by atomic mass is 9.77. The molecule has 0 atom stereocenters. The van der Waals surface area contributed by atoms with Gasteiger partial charge in [0.2, 0.25) is 0 Å². The Kier molecular flexibility index (Phi) is 11.8. The molecule has 1 N–H and O–H groups in total. The van der Waals surface area contributed by atoms with Gasteiger partial charge in [-0.1, -0.05) is 37.8 Å². The van der Waals surface area contributed by atoms with Crippen molar-refractivity contribution in [2.75, 3.05) is 59.3 Å². The zero-order valence-electron chi connectivity index (χ0n) is 28.2. The van der Waals surface area contributed by atoms with E-state index in [2.05, 4.69) is 36.1 Å². The van der Waals surface area contributed by atoms with Gasteiger partial charge in [0, 0.05) is 63.9 Å². The Morgan fingerprint density at radius 2 is 1.72 bits per heavy atom. The summed E-state index contributed by atoms with van der Waals surface area (Å²) in [5, 5.41) is 12.8. The average molecular weight is 665 g/mol. The number of aromatic nitrogens is 5. The molecular weight excluding hydrogens is 616 g/mol. The molecule has 0 bridgehead atoms. The van der Waals surface area contributed by atoms with Gasteiger partial charge in [0.15, 0.2) is 11.2 Å². The molecule has 0 saturated heterocycles. The largest absolute Gasteiger partial charge is 0.461 e. The van der Waals surface area contributed by atoms with Gasteiger partial charge >= 0.3 is 5.97 Å². The second kappa shape index (κ2) is 16.0. The molecule has 1 saturated carbocycles. The van der Waals surface area contributed by atoms with Gasteiger partial charge in [-0.3, -0.25) is 0 Å². The first-order valence-electron chi connectivity index (χ1n) is 16.3. The minimum absolute atomic E-state index is 0.106. The van der Waals surface area contributed by atoms with Crippen LogP contribution in [0.3, 0.4) is 0 Å². The predicted molar refractivity (Wildman–Crippen MR) is 183 cm³/mol. The number of carbonyl (C=O) groups is 1. The third kappa shape index (κ3) is 8.85. The van der Waals surface area contributed by atoms with E-state index in [-0.39, 0.29) is 18.5 Å². The van der Waals surface area contributed by atoms with Gasteiger partial charge in [0.1, 0.15) is 19.2 Å². The van der Waals surface area contributed by atoms with E-state index in [1.165, 1.54) is 0 Å². The van der Waals surface area contributed by atoms with Gasteiger partial charge in [-0.2, -0.15) is 14.7 Å². The lowest BCUT2D eigenvalue weighted by molar-refractivity contribution is -0.180. The molecule has 3 heterocycles. The molecule has 3 aromatic heterocycles. The highest BCUT2D eigenvalue weighted by atomic mass is 28.3. The second-order valence-corrected chi connectivity index (χ2v) is 18.8. The highest BCUT2D eigenvalue weighted by Gasteiger charge is 2.45. The molecule has 4 aromatic rings. The summed E-state index contributed by atoms with van der Waals surface area (Å²) in [7, 11) is 1.99. The SMILES string of the molecule is COCCOC(=O)C1(OCCOC)CCC(c2cc(NCOCC[Si](C)(C)C)n3ncc(-c4cnn(-c5ccccc5)c4)c3n2)CC1. The van der Waals surface area contributed by atoms with Crippen LogP contribution in [0.15, 0.2) is 55.0 Å². The van der Waals surface area contributed by atoms with Gasteiger partial charge in [0.05, 0.1) is 37.9 Å². The number of nitrogens with one attached hydrogen (secondary N) is 1. The Morgan fingerprint density at radius 3 is 2.45 bits per heavy atom. The lowest BCUT2D eigenvalue weighted by Gasteiger charge is -2.37. The van der Waals surface area contributed by atoms with Gasteiger partial charge in [-0.05, 0) is 43.9 Å². The molecule has 0 unspecified atom stereocenters. The predicted octanol–water partition coefficient (Wildman–Crippen LogP) is 5.56. The van der Waals surface area contributed by atoms with Crippen LogP contribution in [-0.2, 0) is 28.5 Å². The first kappa shape index (κ1) is 34.7. The Bertz CT molecular complexity index is 1580. The standard InChI is InChI=1S/C34H48N6O6Si/c1-42-15-17-45-33(41)34(46-18-16-43-2)13-11-26(12-14-34)30-21-31(35-25-44-19-20-47(3,4)5)40-32(38-30)29(23-37-40)27-22-36-39(24-27)28-9-7-6-8-10-28/h6-10,21-24,26,35H,11-20,25H2,1-5H3. The van der Waals surface area contributed by atoms with Crippen LogP contribution in [0.4, 0.5) is 5.82 Å². The maximum absolute atomic E-state index is 13.3. The normalized spacial score (nSPS) is 18.4. The fourth-order valence-electron chi connectivity index (χ4n) is 5.74. The average Bonchev–Trinajstić information content (AvgIpc) is 3.73. The fraction of sp³-hybridized carbons (Fsp3) is 0.529. The summed E-state index contributed by atoms with van der Waals surface area (Å²) in [4.78, 5) is 18.4. The van der Waals surface area contributed by atoms with E-state index >= 15 is 0 Å². The summed E-state index contributed by atoms with van der Waals surface area (Å²) >= 11 is 0. The fourth-order valence-corrected chi connectivity index (χ4v) is 6.49. The summed E-state index contributed by atoms with van der Waals surface area (Å²) in [5.41, 5.74) is 3.40. The van der Waals surface area contributed by atoms with E-state index in [1.807, 2.05) is 58.1 Å². The molecule has 1 aliphatic rings. The summed E-state index contributed by atoms with van der Waals surface area (Å²) in [6.07, 6.45) is 8.11. The van der Waals surface area contributed by atoms with E-state index in [0.29, 0.717) is 58.8 Å². The number of rotatable bonds is 17. The molecule has 47 heavy (non-hydrogen) atoms. The molecule has 254 valence electrons. The van der Waals surface area contributed by atoms with E-state index < -0.39 is 13.7 Å². The molecule has 0 radical (unpaired) electrons. The van der Waals surface area contributed by atoms with Crippen molar-refractivity contribution in [1.82, 2.24) is 24.4 Å². The van der Waals surface area contributed by atoms with Crippen molar-refractivity contribution in [2.45, 2.75) is 62.9 Å². The third-order valence-corrected chi connectivity index (χ3v) is 10.2. The Hall–Kier alpha value is -3.62. The van der Waals surface area contributed by atoms with E-state index in [4.69, 9.17) is 33.8 Å². The molecule has 0 amide bonds. The number of benzene rings is 1. The number of nitrogens with zero attached hydrogens (tertiary/aromatic N) is 5. The summed E-state index contributed by atoms with van der Waals surface area (Å²) in [5.74, 6) is 0.555. The van der Waals surface area contributed by atoms with Crippen LogP contribution in [-0.4, -0.2) is 98.0 Å². The van der Waals surface area contributed by atoms with Crippen LogP contribution >= 0.6 is 0 Å². The zero-order valence-corrected chi connectivity index (χ0v) is 29.2. The van der Waals surface area contributed by atoms with Crippen LogP contribution in [0.5, 0.6) is 0 Å². The van der Waals surface area contributed by atoms with Gasteiger partial charge in [-0.15, -0.1) is 0 Å². The van der Waals surface area contributed by atoms with Crippen molar-refractivity contribution in [3.8, 4) is 16.8 Å². The summed E-state index contributed by atoms with van der Waals surface area (Å²) in [6, 6.07) is 13.1. The molecule has 13 heteroatoms. The number of para-hydroxylation sites is 1. The van der Waals surface area contributed by atoms with Crippen LogP contribution in [0.1, 0.15) is 37.3 Å². The van der Waals surface area contributed by atoms with Gasteiger partial charge in [0.25, 0.3) is 0 Å². The second-order valence-electron chi connectivity index (χ2n) is 13.1. The number of fused-ring (bicyclic) bond motifs is 1. The minimum Gasteiger partial charge on any atom is -0.461 e. The summed E-state index contributed by atoms with van der Waals surface area (Å²) < 4.78 is 31.7. The first-order valence-corrected chi connectivity index (χ1v) is 20.0. The number of esters is 1. The molecule has 5 rings (SSSR count). The smallest absolute Gasteiger partial charge is 0.338 e. The van der Waals surface area contributed by atoms with E-state index in [9.17, 15) is 4.79 Å². The molecular formula is C34H48N6O6Si. The number of carbonyl (C=O) groups excluding carboxylic acids is 1. The maximum atomic E-state index is 13.3.